The number of hydrogen-bond acceptors (Lipinski definition) is 5. The van der Waals surface area contributed by atoms with Crippen molar-refractivity contribution in [3.63, 3.8) is 0 Å². The normalized spacial score (nSPS) is 36.6. The zero-order valence-electron chi connectivity index (χ0n) is 9.26. The third-order valence-electron chi connectivity index (χ3n) is 3.55. The van der Waals surface area contributed by atoms with Gasteiger partial charge in [-0.05, 0) is 25.0 Å². The minimum atomic E-state index is 0.176. The van der Waals surface area contributed by atoms with Gasteiger partial charge in [0.2, 0.25) is 0 Å². The van der Waals surface area contributed by atoms with E-state index >= 15 is 0 Å². The summed E-state index contributed by atoms with van der Waals surface area (Å²) in [7, 11) is 0. The van der Waals surface area contributed by atoms with Crippen molar-refractivity contribution < 1.29 is 4.74 Å². The van der Waals surface area contributed by atoms with Crippen molar-refractivity contribution in [1.82, 2.24) is 10.2 Å². The van der Waals surface area contributed by atoms with Crippen molar-refractivity contribution in [2.45, 2.75) is 31.5 Å². The van der Waals surface area contributed by atoms with Crippen LogP contribution in [-0.2, 0) is 4.74 Å². The van der Waals surface area contributed by atoms with Gasteiger partial charge in [0, 0.05) is 18.6 Å². The number of nitrogens with zero attached hydrogens (tertiary/aromatic N) is 2. The summed E-state index contributed by atoms with van der Waals surface area (Å²) in [4.78, 5) is 0. The highest BCUT2D eigenvalue weighted by Crippen LogP contribution is 2.39. The Morgan fingerprint density at radius 2 is 2.44 bits per heavy atom. The van der Waals surface area contributed by atoms with Gasteiger partial charge in [-0.1, -0.05) is 0 Å². The minimum absolute atomic E-state index is 0.176. The average Bonchev–Trinajstić information content (AvgIpc) is 2.70. The number of aromatic nitrogens is 2. The van der Waals surface area contributed by atoms with Crippen LogP contribution in [0, 0.1) is 12.8 Å². The van der Waals surface area contributed by atoms with Gasteiger partial charge in [0.25, 0.3) is 0 Å². The molecule has 3 N–H and O–H groups in total. The number of fused-ring (bicyclic) bond motifs is 1. The second-order valence-corrected chi connectivity index (χ2v) is 4.65. The summed E-state index contributed by atoms with van der Waals surface area (Å²) in [5, 5.41) is 11.3. The van der Waals surface area contributed by atoms with E-state index in [2.05, 4.69) is 15.5 Å². The second-order valence-electron chi connectivity index (χ2n) is 4.65. The highest BCUT2D eigenvalue weighted by molar-refractivity contribution is 5.39. The molecule has 5 nitrogen and oxygen atoms in total. The summed E-state index contributed by atoms with van der Waals surface area (Å²) >= 11 is 0. The summed E-state index contributed by atoms with van der Waals surface area (Å²) in [5.74, 6) is 1.31. The molecule has 5 heteroatoms. The van der Waals surface area contributed by atoms with Gasteiger partial charge in [0.15, 0.2) is 0 Å². The first-order chi connectivity index (χ1) is 7.75. The zero-order valence-corrected chi connectivity index (χ0v) is 9.26. The van der Waals surface area contributed by atoms with Gasteiger partial charge >= 0.3 is 0 Å². The molecule has 1 aliphatic heterocycles. The molecular formula is C11H16N4O. The Hall–Kier alpha value is -1.20. The van der Waals surface area contributed by atoms with Crippen LogP contribution in [0.3, 0.4) is 0 Å². The molecule has 2 heterocycles. The zero-order chi connectivity index (χ0) is 11.1. The van der Waals surface area contributed by atoms with Crippen molar-refractivity contribution in [3.05, 3.63) is 17.8 Å². The maximum absolute atomic E-state index is 6.10. The van der Waals surface area contributed by atoms with E-state index < -0.39 is 0 Å². The van der Waals surface area contributed by atoms with Gasteiger partial charge in [0.1, 0.15) is 5.82 Å². The van der Waals surface area contributed by atoms with Crippen LogP contribution >= 0.6 is 0 Å². The standard InChI is InChI=1S/C11H16N4O/c1-6-4-8(15-13-5-6)14-10-9(12)7-2-3-16-11(7)10/h4-5,7,9-11H,2-3,12H2,1H3,(H,14,15). The van der Waals surface area contributed by atoms with Gasteiger partial charge < -0.3 is 15.8 Å². The predicted molar refractivity (Wildman–Crippen MR) is 60.0 cm³/mol. The van der Waals surface area contributed by atoms with Crippen LogP contribution in [0.15, 0.2) is 12.3 Å². The molecule has 1 aromatic rings. The van der Waals surface area contributed by atoms with Crippen molar-refractivity contribution in [1.29, 1.82) is 0 Å². The van der Waals surface area contributed by atoms with Gasteiger partial charge in [-0.3, -0.25) is 0 Å². The molecule has 0 bridgehead atoms. The Bertz CT molecular complexity index is 397. The van der Waals surface area contributed by atoms with Gasteiger partial charge in [-0.15, -0.1) is 5.10 Å². The molecule has 0 spiro atoms. The van der Waals surface area contributed by atoms with E-state index in [1.54, 1.807) is 6.20 Å². The summed E-state index contributed by atoms with van der Waals surface area (Å²) in [6, 6.07) is 2.33. The van der Waals surface area contributed by atoms with Crippen LogP contribution in [0.1, 0.15) is 12.0 Å². The van der Waals surface area contributed by atoms with Crippen molar-refractivity contribution in [2.24, 2.45) is 11.7 Å². The first-order valence-electron chi connectivity index (χ1n) is 5.69. The fraction of sp³-hybridized carbons (Fsp3) is 0.636. The Labute approximate surface area is 94.4 Å². The molecule has 3 rings (SSSR count). The molecule has 4 atom stereocenters. The molecule has 2 fully saturated rings. The van der Waals surface area contributed by atoms with E-state index in [0.29, 0.717) is 5.92 Å². The number of nitrogens with two attached hydrogens (primary N) is 1. The van der Waals surface area contributed by atoms with Crippen LogP contribution in [0.25, 0.3) is 0 Å². The molecular weight excluding hydrogens is 204 g/mol. The molecule has 0 aromatic carbocycles. The van der Waals surface area contributed by atoms with Crippen LogP contribution in [0.5, 0.6) is 0 Å². The van der Waals surface area contributed by atoms with E-state index in [1.165, 1.54) is 0 Å². The molecule has 86 valence electrons. The maximum Gasteiger partial charge on any atom is 0.149 e. The summed E-state index contributed by atoms with van der Waals surface area (Å²) in [6.45, 7) is 2.83. The van der Waals surface area contributed by atoms with Gasteiger partial charge in [-0.25, -0.2) is 0 Å². The number of hydrogen-bond donors (Lipinski definition) is 2. The minimum Gasteiger partial charge on any atom is -0.376 e. The van der Waals surface area contributed by atoms with Crippen molar-refractivity contribution in [2.75, 3.05) is 11.9 Å². The van der Waals surface area contributed by atoms with Crippen LogP contribution in [-0.4, -0.2) is 35.0 Å². The van der Waals surface area contributed by atoms with Crippen LogP contribution < -0.4 is 11.1 Å². The first-order valence-corrected chi connectivity index (χ1v) is 5.69. The van der Waals surface area contributed by atoms with Crippen molar-refractivity contribution >= 4 is 5.82 Å². The Morgan fingerprint density at radius 1 is 1.56 bits per heavy atom. The third kappa shape index (κ3) is 1.47. The highest BCUT2D eigenvalue weighted by atomic mass is 16.5. The topological polar surface area (TPSA) is 73.1 Å². The Kier molecular flexibility index (Phi) is 2.29. The van der Waals surface area contributed by atoms with Gasteiger partial charge in [-0.2, -0.15) is 5.10 Å². The molecule has 0 radical (unpaired) electrons. The monoisotopic (exact) mass is 220 g/mol. The Balaban J connectivity index is 1.71. The molecule has 2 aliphatic rings. The van der Waals surface area contributed by atoms with Crippen LogP contribution in [0.2, 0.25) is 0 Å². The van der Waals surface area contributed by atoms with E-state index in [0.717, 1.165) is 24.4 Å². The molecule has 4 unspecified atom stereocenters. The first kappa shape index (κ1) is 9.99. The molecule has 1 saturated heterocycles. The lowest BCUT2D eigenvalue weighted by Crippen LogP contribution is -2.65. The second kappa shape index (κ2) is 3.68. The number of nitrogens with one attached hydrogen (secondary N) is 1. The summed E-state index contributed by atoms with van der Waals surface area (Å²) < 4.78 is 5.65. The average molecular weight is 220 g/mol. The lowest BCUT2D eigenvalue weighted by Gasteiger charge is -2.45. The SMILES string of the molecule is Cc1cnnc(NC2C(N)C3CCOC32)c1. The number of rotatable bonds is 2. The quantitative estimate of drug-likeness (QED) is 0.750. The number of anilines is 1. The molecule has 1 aromatic heterocycles. The van der Waals surface area contributed by atoms with E-state index in [4.69, 9.17) is 10.5 Å². The number of ether oxygens (including phenoxy) is 1. The molecule has 16 heavy (non-hydrogen) atoms. The van der Waals surface area contributed by atoms with E-state index in [9.17, 15) is 0 Å². The fourth-order valence-electron chi connectivity index (χ4n) is 2.63. The summed E-state index contributed by atoms with van der Waals surface area (Å²) in [6.07, 6.45) is 3.09. The molecule has 1 saturated carbocycles. The van der Waals surface area contributed by atoms with Crippen LogP contribution in [0.4, 0.5) is 5.82 Å². The highest BCUT2D eigenvalue weighted by Gasteiger charge is 2.52. The maximum atomic E-state index is 6.10. The van der Waals surface area contributed by atoms with E-state index in [1.807, 2.05) is 13.0 Å². The van der Waals surface area contributed by atoms with Gasteiger partial charge in [0.05, 0.1) is 18.3 Å². The van der Waals surface area contributed by atoms with E-state index in [-0.39, 0.29) is 18.2 Å². The number of aryl methyl sites for hydroxylation is 1. The Morgan fingerprint density at radius 3 is 3.25 bits per heavy atom. The van der Waals surface area contributed by atoms with Crippen molar-refractivity contribution in [3.8, 4) is 0 Å². The smallest absolute Gasteiger partial charge is 0.149 e. The molecule has 0 amide bonds. The lowest BCUT2D eigenvalue weighted by molar-refractivity contribution is 0.00521. The lowest BCUT2D eigenvalue weighted by atomic mass is 9.72. The predicted octanol–water partition coefficient (Wildman–Crippen LogP) is 0.312. The summed E-state index contributed by atoms with van der Waals surface area (Å²) in [5.41, 5.74) is 7.20. The fourth-order valence-corrected chi connectivity index (χ4v) is 2.63. The third-order valence-corrected chi connectivity index (χ3v) is 3.55. The largest absolute Gasteiger partial charge is 0.376 e. The molecule has 1 aliphatic carbocycles.